The predicted octanol–water partition coefficient (Wildman–Crippen LogP) is 4.44. The van der Waals surface area contributed by atoms with Crippen LogP contribution in [0.25, 0.3) is 0 Å². The molecule has 0 spiro atoms. The first-order valence-electron chi connectivity index (χ1n) is 8.09. The van der Waals surface area contributed by atoms with Crippen molar-refractivity contribution in [1.82, 2.24) is 14.9 Å². The van der Waals surface area contributed by atoms with Crippen molar-refractivity contribution < 1.29 is 18.0 Å². The lowest BCUT2D eigenvalue weighted by molar-refractivity contribution is -0.137. The number of carbonyl (C=O) groups excluding carboxylic acids is 1. The second-order valence-corrected chi connectivity index (χ2v) is 6.81. The SMILES string of the molecule is O=C(Nc1ccc(Cl)c(C(F)(F)F)c1)N1C2CCC1c1cncnc1C2. The predicted molar refractivity (Wildman–Crippen MR) is 88.8 cm³/mol. The van der Waals surface area contributed by atoms with E-state index in [1.165, 1.54) is 12.4 Å². The number of carbonyl (C=O) groups is 1. The third-order valence-corrected chi connectivity index (χ3v) is 5.20. The third kappa shape index (κ3) is 2.88. The molecule has 2 unspecified atom stereocenters. The van der Waals surface area contributed by atoms with Gasteiger partial charge < -0.3 is 10.2 Å². The first-order valence-corrected chi connectivity index (χ1v) is 8.47. The Hall–Kier alpha value is -2.35. The summed E-state index contributed by atoms with van der Waals surface area (Å²) >= 11 is 5.62. The number of nitrogens with zero attached hydrogens (tertiary/aromatic N) is 3. The molecule has 5 nitrogen and oxygen atoms in total. The summed E-state index contributed by atoms with van der Waals surface area (Å²) in [7, 11) is 0. The zero-order valence-corrected chi connectivity index (χ0v) is 14.2. The van der Waals surface area contributed by atoms with Crippen molar-refractivity contribution in [3.63, 3.8) is 0 Å². The minimum atomic E-state index is -4.59. The van der Waals surface area contributed by atoms with E-state index in [2.05, 4.69) is 15.3 Å². The van der Waals surface area contributed by atoms with Crippen molar-refractivity contribution in [3.05, 3.63) is 52.6 Å². The number of hydrogen-bond donors (Lipinski definition) is 1. The van der Waals surface area contributed by atoms with Gasteiger partial charge in [-0.2, -0.15) is 13.2 Å². The van der Waals surface area contributed by atoms with Crippen LogP contribution in [0.5, 0.6) is 0 Å². The molecule has 1 fully saturated rings. The van der Waals surface area contributed by atoms with E-state index in [1.807, 2.05) is 0 Å². The number of rotatable bonds is 1. The van der Waals surface area contributed by atoms with Crippen LogP contribution in [-0.2, 0) is 12.6 Å². The van der Waals surface area contributed by atoms with Gasteiger partial charge in [-0.3, -0.25) is 0 Å². The molecule has 2 amide bonds. The number of alkyl halides is 3. The van der Waals surface area contributed by atoms with Crippen molar-refractivity contribution in [2.24, 2.45) is 0 Å². The number of benzene rings is 1. The molecular formula is C17H14ClF3N4O. The van der Waals surface area contributed by atoms with Crippen LogP contribution < -0.4 is 5.32 Å². The highest BCUT2D eigenvalue weighted by Crippen LogP contribution is 2.43. The van der Waals surface area contributed by atoms with Crippen LogP contribution in [0, 0.1) is 0 Å². The van der Waals surface area contributed by atoms with Crippen LogP contribution in [0.2, 0.25) is 5.02 Å². The molecule has 2 aromatic rings. The molecule has 0 saturated carbocycles. The van der Waals surface area contributed by atoms with E-state index >= 15 is 0 Å². The van der Waals surface area contributed by atoms with Gasteiger partial charge >= 0.3 is 12.2 Å². The molecule has 2 aliphatic heterocycles. The van der Waals surface area contributed by atoms with Gasteiger partial charge in [0.1, 0.15) is 6.33 Å². The quantitative estimate of drug-likeness (QED) is 0.793. The lowest BCUT2D eigenvalue weighted by Gasteiger charge is -2.35. The second kappa shape index (κ2) is 6.12. The lowest BCUT2D eigenvalue weighted by Crippen LogP contribution is -2.44. The van der Waals surface area contributed by atoms with Gasteiger partial charge in [-0.1, -0.05) is 11.6 Å². The number of aromatic nitrogens is 2. The maximum absolute atomic E-state index is 13.0. The molecule has 136 valence electrons. The van der Waals surface area contributed by atoms with Crippen molar-refractivity contribution in [1.29, 1.82) is 0 Å². The Bertz CT molecular complexity index is 873. The molecule has 2 atom stereocenters. The van der Waals surface area contributed by atoms with Gasteiger partial charge in [0.05, 0.1) is 22.3 Å². The summed E-state index contributed by atoms with van der Waals surface area (Å²) < 4.78 is 39.0. The van der Waals surface area contributed by atoms with E-state index in [0.717, 1.165) is 36.2 Å². The summed E-state index contributed by atoms with van der Waals surface area (Å²) in [6.45, 7) is 0. The van der Waals surface area contributed by atoms with E-state index in [1.54, 1.807) is 11.1 Å². The Kier molecular flexibility index (Phi) is 4.02. The summed E-state index contributed by atoms with van der Waals surface area (Å²) in [6, 6.07) is 2.74. The molecule has 1 aromatic heterocycles. The Morgan fingerprint density at radius 1 is 1.31 bits per heavy atom. The van der Waals surface area contributed by atoms with Gasteiger partial charge in [0.2, 0.25) is 0 Å². The first kappa shape index (κ1) is 17.1. The normalized spacial score (nSPS) is 21.5. The minimum absolute atomic E-state index is 0.0169. The first-order chi connectivity index (χ1) is 12.3. The summed E-state index contributed by atoms with van der Waals surface area (Å²) in [4.78, 5) is 22.7. The van der Waals surface area contributed by atoms with Gasteiger partial charge in [-0.15, -0.1) is 0 Å². The Labute approximate surface area is 152 Å². The number of urea groups is 1. The Balaban J connectivity index is 1.59. The topological polar surface area (TPSA) is 58.1 Å². The monoisotopic (exact) mass is 382 g/mol. The fourth-order valence-corrected chi connectivity index (χ4v) is 3.97. The summed E-state index contributed by atoms with van der Waals surface area (Å²) in [6.07, 6.45) is 0.837. The van der Waals surface area contributed by atoms with Crippen molar-refractivity contribution in [3.8, 4) is 0 Å². The third-order valence-electron chi connectivity index (χ3n) is 4.88. The number of fused-ring (bicyclic) bond motifs is 4. The largest absolute Gasteiger partial charge is 0.417 e. The molecule has 4 rings (SSSR count). The van der Waals surface area contributed by atoms with E-state index in [0.29, 0.717) is 6.42 Å². The minimum Gasteiger partial charge on any atom is -0.314 e. The molecule has 3 heterocycles. The number of halogens is 4. The molecule has 0 radical (unpaired) electrons. The van der Waals surface area contributed by atoms with Gasteiger partial charge in [0, 0.05) is 29.9 Å². The molecule has 1 saturated heterocycles. The summed E-state index contributed by atoms with van der Waals surface area (Å²) in [5, 5.41) is 2.17. The number of amides is 2. The number of anilines is 1. The highest BCUT2D eigenvalue weighted by Gasteiger charge is 2.43. The average Bonchev–Trinajstić information content (AvgIpc) is 2.91. The van der Waals surface area contributed by atoms with E-state index in [-0.39, 0.29) is 17.8 Å². The molecule has 2 bridgehead atoms. The van der Waals surface area contributed by atoms with Crippen LogP contribution in [0.15, 0.2) is 30.7 Å². The standard InChI is InChI=1S/C17H14ClF3N4O/c18-13-3-1-9(5-12(13)17(19,20)21)24-16(26)25-10-2-4-15(25)11-7-22-8-23-14(11)6-10/h1,3,5,7-8,10,15H,2,4,6H2,(H,24,26). The maximum atomic E-state index is 13.0. The van der Waals surface area contributed by atoms with E-state index in [4.69, 9.17) is 11.6 Å². The van der Waals surface area contributed by atoms with Gasteiger partial charge in [-0.25, -0.2) is 14.8 Å². The maximum Gasteiger partial charge on any atom is 0.417 e. The zero-order chi connectivity index (χ0) is 18.5. The lowest BCUT2D eigenvalue weighted by atomic mass is 10.00. The summed E-state index contributed by atoms with van der Waals surface area (Å²) in [5.41, 5.74) is 0.921. The van der Waals surface area contributed by atoms with E-state index < -0.39 is 22.8 Å². The Morgan fingerprint density at radius 3 is 2.88 bits per heavy atom. The van der Waals surface area contributed by atoms with E-state index in [9.17, 15) is 18.0 Å². The molecule has 9 heteroatoms. The number of nitrogens with one attached hydrogen (secondary N) is 1. The molecule has 2 aliphatic rings. The van der Waals surface area contributed by atoms with Gasteiger partial charge in [0.25, 0.3) is 0 Å². The highest BCUT2D eigenvalue weighted by molar-refractivity contribution is 6.31. The fraction of sp³-hybridized carbons (Fsp3) is 0.353. The van der Waals surface area contributed by atoms with Crippen molar-refractivity contribution >= 4 is 23.3 Å². The fourth-order valence-electron chi connectivity index (χ4n) is 3.74. The summed E-state index contributed by atoms with van der Waals surface area (Å²) in [5.74, 6) is 0. The van der Waals surface area contributed by atoms with Gasteiger partial charge in [-0.05, 0) is 31.0 Å². The second-order valence-electron chi connectivity index (χ2n) is 6.41. The van der Waals surface area contributed by atoms with Crippen LogP contribution in [-0.4, -0.2) is 26.9 Å². The highest BCUT2D eigenvalue weighted by atomic mass is 35.5. The van der Waals surface area contributed by atoms with Crippen LogP contribution in [0.3, 0.4) is 0 Å². The molecule has 26 heavy (non-hydrogen) atoms. The van der Waals surface area contributed by atoms with Gasteiger partial charge in [0.15, 0.2) is 0 Å². The molecule has 1 N–H and O–H groups in total. The Morgan fingerprint density at radius 2 is 2.12 bits per heavy atom. The van der Waals surface area contributed by atoms with Crippen LogP contribution in [0.4, 0.5) is 23.7 Å². The van der Waals surface area contributed by atoms with Crippen molar-refractivity contribution in [2.45, 2.75) is 37.5 Å². The molecule has 0 aliphatic carbocycles. The zero-order valence-electron chi connectivity index (χ0n) is 13.4. The van der Waals surface area contributed by atoms with Crippen molar-refractivity contribution in [2.75, 3.05) is 5.32 Å². The molecule has 1 aromatic carbocycles. The average molecular weight is 383 g/mol. The van der Waals surface area contributed by atoms with Crippen LogP contribution in [0.1, 0.15) is 35.7 Å². The smallest absolute Gasteiger partial charge is 0.314 e. The van der Waals surface area contributed by atoms with Crippen LogP contribution >= 0.6 is 11.6 Å². The number of hydrogen-bond acceptors (Lipinski definition) is 3. The molecular weight excluding hydrogens is 369 g/mol.